The van der Waals surface area contributed by atoms with E-state index in [-0.39, 0.29) is 5.56 Å². The minimum atomic E-state index is -0.588. The van der Waals surface area contributed by atoms with Gasteiger partial charge in [-0.3, -0.25) is 4.79 Å². The molecular weight excluding hydrogens is 409 g/mol. The fourth-order valence-electron chi connectivity index (χ4n) is 2.49. The van der Waals surface area contributed by atoms with Gasteiger partial charge < -0.3 is 9.88 Å². The number of hydrogen-bond donors (Lipinski definition) is 1. The van der Waals surface area contributed by atoms with Crippen molar-refractivity contribution < 1.29 is 9.18 Å². The molecule has 0 saturated carbocycles. The van der Waals surface area contributed by atoms with Crippen molar-refractivity contribution in [1.29, 1.82) is 0 Å². The fourth-order valence-corrected chi connectivity index (χ4v) is 2.97. The van der Waals surface area contributed by atoms with Gasteiger partial charge in [-0.05, 0) is 35.9 Å². The number of carbonyl (C=O) groups is 1. The number of amides is 1. The van der Waals surface area contributed by atoms with Crippen molar-refractivity contribution in [3.63, 3.8) is 0 Å². The van der Waals surface area contributed by atoms with Crippen LogP contribution >= 0.6 is 27.5 Å². The lowest BCUT2D eigenvalue weighted by Gasteiger charge is -2.19. The molecule has 25 heavy (non-hydrogen) atoms. The minimum Gasteiger partial charge on any atom is -0.338 e. The van der Waals surface area contributed by atoms with E-state index in [1.54, 1.807) is 47.3 Å². The third-order valence-corrected chi connectivity index (χ3v) is 4.51. The normalized spacial score (nSPS) is 12.0. The summed E-state index contributed by atoms with van der Waals surface area (Å²) in [6, 6.07) is 10.8. The van der Waals surface area contributed by atoms with Crippen LogP contribution in [0.5, 0.6) is 0 Å². The Morgan fingerprint density at radius 3 is 2.64 bits per heavy atom. The van der Waals surface area contributed by atoms with Gasteiger partial charge >= 0.3 is 0 Å². The first kappa shape index (κ1) is 17.6. The first-order valence-corrected chi connectivity index (χ1v) is 8.61. The van der Waals surface area contributed by atoms with E-state index in [9.17, 15) is 9.18 Å². The van der Waals surface area contributed by atoms with Crippen LogP contribution in [0.25, 0.3) is 0 Å². The summed E-state index contributed by atoms with van der Waals surface area (Å²) in [5.74, 6) is -0.483. The van der Waals surface area contributed by atoms with Crippen molar-refractivity contribution in [2.45, 2.75) is 6.04 Å². The highest BCUT2D eigenvalue weighted by atomic mass is 79.9. The Bertz CT molecular complexity index is 911. The Morgan fingerprint density at radius 1 is 1.28 bits per heavy atom. The summed E-state index contributed by atoms with van der Waals surface area (Å²) in [7, 11) is 1.83. The Labute approximate surface area is 157 Å². The molecule has 1 N–H and O–H groups in total. The molecular formula is C18H14BrClFN3O. The monoisotopic (exact) mass is 421 g/mol. The van der Waals surface area contributed by atoms with Gasteiger partial charge in [-0.25, -0.2) is 9.37 Å². The molecule has 1 amide bonds. The van der Waals surface area contributed by atoms with Crippen molar-refractivity contribution in [2.75, 3.05) is 0 Å². The highest BCUT2D eigenvalue weighted by molar-refractivity contribution is 9.10. The summed E-state index contributed by atoms with van der Waals surface area (Å²) in [5, 5.41) is 3.44. The molecule has 0 saturated heterocycles. The Balaban J connectivity index is 1.98. The molecule has 2 aromatic carbocycles. The first-order valence-electron chi connectivity index (χ1n) is 7.44. The molecule has 0 unspecified atom stereocenters. The van der Waals surface area contributed by atoms with Crippen LogP contribution in [0.1, 0.15) is 27.8 Å². The average molecular weight is 423 g/mol. The predicted octanol–water partition coefficient (Wildman–Crippen LogP) is 4.49. The zero-order chi connectivity index (χ0) is 18.0. The van der Waals surface area contributed by atoms with E-state index in [0.29, 0.717) is 15.3 Å². The summed E-state index contributed by atoms with van der Waals surface area (Å²) in [4.78, 5) is 17.0. The molecule has 0 spiro atoms. The molecule has 4 nitrogen and oxygen atoms in total. The van der Waals surface area contributed by atoms with E-state index in [1.807, 2.05) is 7.05 Å². The molecule has 0 aliphatic rings. The third-order valence-electron chi connectivity index (χ3n) is 3.77. The van der Waals surface area contributed by atoms with Crippen LogP contribution in [-0.2, 0) is 7.05 Å². The van der Waals surface area contributed by atoms with E-state index in [0.717, 1.165) is 5.56 Å². The van der Waals surface area contributed by atoms with Gasteiger partial charge in [0, 0.05) is 28.9 Å². The van der Waals surface area contributed by atoms with Crippen molar-refractivity contribution in [3.8, 4) is 0 Å². The molecule has 128 valence electrons. The number of nitrogens with zero attached hydrogens (tertiary/aromatic N) is 2. The summed E-state index contributed by atoms with van der Waals surface area (Å²) < 4.78 is 16.5. The van der Waals surface area contributed by atoms with Crippen molar-refractivity contribution >= 4 is 33.4 Å². The largest absolute Gasteiger partial charge is 0.338 e. The molecule has 3 aromatic rings. The number of hydrogen-bond acceptors (Lipinski definition) is 2. The van der Waals surface area contributed by atoms with Crippen LogP contribution in [0, 0.1) is 5.82 Å². The molecule has 0 aliphatic carbocycles. The molecule has 1 heterocycles. The molecule has 1 atom stereocenters. The second kappa shape index (κ2) is 7.37. The van der Waals surface area contributed by atoms with Gasteiger partial charge in [-0.15, -0.1) is 0 Å². The lowest BCUT2D eigenvalue weighted by Crippen LogP contribution is -2.31. The summed E-state index contributed by atoms with van der Waals surface area (Å²) in [6.07, 6.45) is 3.42. The second-order valence-corrected chi connectivity index (χ2v) is 6.83. The summed E-state index contributed by atoms with van der Waals surface area (Å²) in [6.45, 7) is 0. The number of aromatic nitrogens is 2. The maximum atomic E-state index is 14.0. The van der Waals surface area contributed by atoms with Crippen molar-refractivity contribution in [3.05, 3.63) is 87.1 Å². The highest BCUT2D eigenvalue weighted by Gasteiger charge is 2.23. The van der Waals surface area contributed by atoms with Crippen LogP contribution in [-0.4, -0.2) is 15.5 Å². The lowest BCUT2D eigenvalue weighted by atomic mass is 10.1. The number of imidazole rings is 1. The van der Waals surface area contributed by atoms with Gasteiger partial charge in [0.05, 0.1) is 5.56 Å². The maximum absolute atomic E-state index is 14.0. The Kier molecular flexibility index (Phi) is 5.20. The first-order chi connectivity index (χ1) is 12.0. The minimum absolute atomic E-state index is 0.0393. The number of benzene rings is 2. The van der Waals surface area contributed by atoms with Crippen LogP contribution in [0.2, 0.25) is 5.02 Å². The number of halogens is 3. The van der Waals surface area contributed by atoms with Crippen LogP contribution < -0.4 is 5.32 Å². The SMILES string of the molecule is Cn1ccnc1[C@@H](NC(=O)c1cc(Br)ccc1F)c1ccc(Cl)cc1. The number of carbonyl (C=O) groups excluding carboxylic acids is 1. The van der Waals surface area contributed by atoms with Crippen LogP contribution in [0.3, 0.4) is 0 Å². The van der Waals surface area contributed by atoms with Crippen LogP contribution in [0.4, 0.5) is 4.39 Å². The van der Waals surface area contributed by atoms with Gasteiger partial charge in [0.15, 0.2) is 0 Å². The average Bonchev–Trinajstić information content (AvgIpc) is 3.01. The van der Waals surface area contributed by atoms with E-state index in [4.69, 9.17) is 11.6 Å². The van der Waals surface area contributed by atoms with Crippen LogP contribution in [0.15, 0.2) is 59.3 Å². The summed E-state index contributed by atoms with van der Waals surface area (Å²) in [5.41, 5.74) is 0.755. The van der Waals surface area contributed by atoms with Gasteiger partial charge in [0.25, 0.3) is 5.91 Å². The zero-order valence-corrected chi connectivity index (χ0v) is 15.6. The molecule has 7 heteroatoms. The number of nitrogens with one attached hydrogen (secondary N) is 1. The Morgan fingerprint density at radius 2 is 2.00 bits per heavy atom. The van der Waals surface area contributed by atoms with E-state index in [1.165, 1.54) is 12.1 Å². The predicted molar refractivity (Wildman–Crippen MR) is 98.1 cm³/mol. The summed E-state index contributed by atoms with van der Waals surface area (Å²) >= 11 is 9.21. The van der Waals surface area contributed by atoms with Gasteiger partial charge in [0.1, 0.15) is 17.7 Å². The fraction of sp³-hybridized carbons (Fsp3) is 0.111. The molecule has 0 aliphatic heterocycles. The molecule has 1 aromatic heterocycles. The molecule has 0 radical (unpaired) electrons. The van der Waals surface area contributed by atoms with Crippen molar-refractivity contribution in [2.24, 2.45) is 7.05 Å². The third kappa shape index (κ3) is 3.91. The standard InChI is InChI=1S/C18H14BrClFN3O/c1-24-9-8-22-17(24)16(11-2-5-13(20)6-3-11)23-18(25)14-10-12(19)4-7-15(14)21/h2-10,16H,1H3,(H,23,25)/t16-/m0/s1. The molecule has 0 bridgehead atoms. The molecule has 3 rings (SSSR count). The Hall–Kier alpha value is -2.18. The van der Waals surface area contributed by atoms with Gasteiger partial charge in [0.2, 0.25) is 0 Å². The lowest BCUT2D eigenvalue weighted by molar-refractivity contribution is 0.0937. The van der Waals surface area contributed by atoms with E-state index < -0.39 is 17.8 Å². The van der Waals surface area contributed by atoms with Crippen molar-refractivity contribution in [1.82, 2.24) is 14.9 Å². The smallest absolute Gasteiger partial charge is 0.255 e. The number of rotatable bonds is 4. The van der Waals surface area contributed by atoms with Gasteiger partial charge in [-0.1, -0.05) is 39.7 Å². The van der Waals surface area contributed by atoms with Gasteiger partial charge in [-0.2, -0.15) is 0 Å². The topological polar surface area (TPSA) is 46.9 Å². The van der Waals surface area contributed by atoms with E-state index >= 15 is 0 Å². The quantitative estimate of drug-likeness (QED) is 0.673. The van der Waals surface area contributed by atoms with E-state index in [2.05, 4.69) is 26.2 Å². The highest BCUT2D eigenvalue weighted by Crippen LogP contribution is 2.24. The number of aryl methyl sites for hydroxylation is 1. The molecule has 0 fully saturated rings. The zero-order valence-electron chi connectivity index (χ0n) is 13.2. The maximum Gasteiger partial charge on any atom is 0.255 e. The second-order valence-electron chi connectivity index (χ2n) is 5.48.